The molecule has 0 spiro atoms. The van der Waals surface area contributed by atoms with E-state index in [0.717, 1.165) is 12.8 Å². The van der Waals surface area contributed by atoms with Crippen LogP contribution in [0.15, 0.2) is 0 Å². The van der Waals surface area contributed by atoms with Crippen molar-refractivity contribution in [2.24, 2.45) is 0 Å². The fourth-order valence-corrected chi connectivity index (χ4v) is 1.76. The number of aliphatic carboxylic acids is 1. The van der Waals surface area contributed by atoms with Gasteiger partial charge in [0.25, 0.3) is 0 Å². The predicted octanol–water partition coefficient (Wildman–Crippen LogP) is -0.186. The molecule has 0 aliphatic heterocycles. The van der Waals surface area contributed by atoms with Gasteiger partial charge in [-0.05, 0) is 33.4 Å². The molecule has 2 amide bonds. The molecule has 0 saturated carbocycles. The fraction of sp³-hybridized carbons (Fsp3) is 0.769. The highest BCUT2D eigenvalue weighted by atomic mass is 16.4. The molecule has 0 aromatic rings. The van der Waals surface area contributed by atoms with Gasteiger partial charge in [0, 0.05) is 20.0 Å². The number of carbonyl (C=O) groups excluding carboxylic acids is 2. The highest BCUT2D eigenvalue weighted by Crippen LogP contribution is 2.06. The average Bonchev–Trinajstić information content (AvgIpc) is 2.32. The van der Waals surface area contributed by atoms with E-state index < -0.39 is 5.97 Å². The van der Waals surface area contributed by atoms with E-state index in [9.17, 15) is 14.4 Å². The molecule has 116 valence electrons. The minimum Gasteiger partial charge on any atom is -0.481 e. The Labute approximate surface area is 119 Å². The number of likely N-dealkylation sites (N-methyl/N-ethyl adjacent to an activating group) is 1. The van der Waals surface area contributed by atoms with Crippen LogP contribution in [-0.4, -0.2) is 61.0 Å². The van der Waals surface area contributed by atoms with Crippen LogP contribution in [0.5, 0.6) is 0 Å². The third-order valence-corrected chi connectivity index (χ3v) is 2.84. The maximum atomic E-state index is 11.9. The third-order valence-electron chi connectivity index (χ3n) is 2.84. The molecule has 7 nitrogen and oxygen atoms in total. The van der Waals surface area contributed by atoms with Gasteiger partial charge >= 0.3 is 5.97 Å². The van der Waals surface area contributed by atoms with E-state index in [2.05, 4.69) is 10.6 Å². The maximum absolute atomic E-state index is 11.9. The number of carboxylic acids is 1. The largest absolute Gasteiger partial charge is 0.481 e. The molecule has 20 heavy (non-hydrogen) atoms. The molecule has 0 rings (SSSR count). The summed E-state index contributed by atoms with van der Waals surface area (Å²) in [4.78, 5) is 34.8. The van der Waals surface area contributed by atoms with Crippen molar-refractivity contribution < 1.29 is 19.5 Å². The molecule has 3 N–H and O–H groups in total. The summed E-state index contributed by atoms with van der Waals surface area (Å²) in [6.45, 7) is 2.22. The van der Waals surface area contributed by atoms with Crippen LogP contribution >= 0.6 is 0 Å². The summed E-state index contributed by atoms with van der Waals surface area (Å²) in [7, 11) is 3.63. The fourth-order valence-electron chi connectivity index (χ4n) is 1.76. The highest BCUT2D eigenvalue weighted by Gasteiger charge is 2.19. The third kappa shape index (κ3) is 9.32. The molecule has 0 heterocycles. The normalized spacial score (nSPS) is 12.0. The zero-order valence-corrected chi connectivity index (χ0v) is 12.4. The van der Waals surface area contributed by atoms with Gasteiger partial charge in [0.05, 0.1) is 12.5 Å². The van der Waals surface area contributed by atoms with Gasteiger partial charge in [-0.1, -0.05) is 0 Å². The Morgan fingerprint density at radius 1 is 1.10 bits per heavy atom. The van der Waals surface area contributed by atoms with Crippen molar-refractivity contribution in [2.75, 3.05) is 27.2 Å². The number of nitrogens with zero attached hydrogens (tertiary/aromatic N) is 1. The van der Waals surface area contributed by atoms with Gasteiger partial charge in [-0.2, -0.15) is 0 Å². The van der Waals surface area contributed by atoms with Crippen molar-refractivity contribution in [3.8, 4) is 0 Å². The zero-order valence-electron chi connectivity index (χ0n) is 12.4. The van der Waals surface area contributed by atoms with E-state index in [1.54, 1.807) is 0 Å². The lowest BCUT2D eigenvalue weighted by molar-refractivity contribution is -0.137. The van der Waals surface area contributed by atoms with Gasteiger partial charge in [-0.3, -0.25) is 19.3 Å². The summed E-state index contributed by atoms with van der Waals surface area (Å²) >= 11 is 0. The Hall–Kier alpha value is -1.63. The van der Waals surface area contributed by atoms with Crippen molar-refractivity contribution in [1.82, 2.24) is 15.5 Å². The smallest absolute Gasteiger partial charge is 0.305 e. The van der Waals surface area contributed by atoms with Gasteiger partial charge in [0.15, 0.2) is 0 Å². The lowest BCUT2D eigenvalue weighted by Crippen LogP contribution is -2.44. The first-order valence-electron chi connectivity index (χ1n) is 6.75. The molecule has 1 atom stereocenters. The van der Waals surface area contributed by atoms with Gasteiger partial charge in [-0.15, -0.1) is 0 Å². The van der Waals surface area contributed by atoms with Gasteiger partial charge < -0.3 is 15.7 Å². The Morgan fingerprint density at radius 3 is 2.25 bits per heavy atom. The zero-order chi connectivity index (χ0) is 15.5. The molecule has 7 heteroatoms. The van der Waals surface area contributed by atoms with Gasteiger partial charge in [-0.25, -0.2) is 0 Å². The molecular weight excluding hydrogens is 267 g/mol. The van der Waals surface area contributed by atoms with E-state index in [4.69, 9.17) is 5.11 Å². The van der Waals surface area contributed by atoms with Crippen LogP contribution in [0, 0.1) is 0 Å². The Kier molecular flexibility index (Phi) is 9.36. The molecule has 0 saturated heterocycles. The summed E-state index contributed by atoms with van der Waals surface area (Å²) in [6, 6.07) is -0.277. The van der Waals surface area contributed by atoms with Gasteiger partial charge in [0.1, 0.15) is 0 Å². The molecule has 0 aliphatic rings. The molecular formula is C13H25N3O4. The second-order valence-electron chi connectivity index (χ2n) is 4.89. The number of hydrogen-bond acceptors (Lipinski definition) is 4. The highest BCUT2D eigenvalue weighted by molar-refractivity contribution is 5.82. The number of nitrogens with one attached hydrogen (secondary N) is 2. The number of carboxylic acid groups (broad SMARTS) is 1. The van der Waals surface area contributed by atoms with E-state index in [0.29, 0.717) is 13.0 Å². The molecule has 0 bridgehead atoms. The summed E-state index contributed by atoms with van der Waals surface area (Å²) in [5.74, 6) is -1.14. The van der Waals surface area contributed by atoms with Crippen LogP contribution in [-0.2, 0) is 14.4 Å². The average molecular weight is 292 g/mol. The minimum absolute atomic E-state index is 0.0550. The van der Waals surface area contributed by atoms with Gasteiger partial charge in [0.2, 0.25) is 11.8 Å². The number of amides is 2. The standard InChI is InChI=1S/C13H25N3O4/c1-10(17)14-8-5-4-6-11(16(2)3)13(20)15-9-7-12(18)19/h11H,4-9H2,1-3H3,(H,14,17)(H,15,20)(H,18,19)/i2+1,3+1,7+1,9+1,14+1. The minimum atomic E-state index is -0.929. The molecule has 0 aromatic heterocycles. The Bertz CT molecular complexity index is 332. The summed E-state index contributed by atoms with van der Waals surface area (Å²) < 4.78 is 0. The first-order valence-corrected chi connectivity index (χ1v) is 6.75. The van der Waals surface area contributed by atoms with Crippen LogP contribution in [0.3, 0.4) is 0 Å². The predicted molar refractivity (Wildman–Crippen MR) is 75.3 cm³/mol. The van der Waals surface area contributed by atoms with E-state index in [1.807, 2.05) is 19.0 Å². The van der Waals surface area contributed by atoms with Crippen LogP contribution in [0.1, 0.15) is 32.6 Å². The summed E-state index contributed by atoms with van der Waals surface area (Å²) in [6.07, 6.45) is 2.22. The molecule has 0 aromatic carbocycles. The SMILES string of the molecule is CC(=O)[15NH]CCCCC(C(=O)N[13CH2][13CH2]C(=O)O)N([13CH3])[13CH3]. The number of carbonyl (C=O) groups is 3. The molecule has 0 radical (unpaired) electrons. The van der Waals surface area contributed by atoms with E-state index in [-0.39, 0.29) is 30.8 Å². The van der Waals surface area contributed by atoms with Crippen molar-refractivity contribution in [3.05, 3.63) is 0 Å². The van der Waals surface area contributed by atoms with Crippen LogP contribution < -0.4 is 10.6 Å². The first kappa shape index (κ1) is 18.4. The first-order chi connectivity index (χ1) is 9.34. The maximum Gasteiger partial charge on any atom is 0.305 e. The quantitative estimate of drug-likeness (QED) is 0.294. The van der Waals surface area contributed by atoms with E-state index >= 15 is 0 Å². The monoisotopic (exact) mass is 292 g/mol. The number of hydrogen-bond donors (Lipinski definition) is 3. The Balaban J connectivity index is 3.99. The van der Waals surface area contributed by atoms with Crippen molar-refractivity contribution >= 4 is 17.8 Å². The second kappa shape index (κ2) is 10.2. The Morgan fingerprint density at radius 2 is 1.75 bits per heavy atom. The van der Waals surface area contributed by atoms with Crippen LogP contribution in [0.2, 0.25) is 0 Å². The second-order valence-corrected chi connectivity index (χ2v) is 4.89. The topological polar surface area (TPSA) is 98.7 Å². The molecule has 0 aliphatic carbocycles. The van der Waals surface area contributed by atoms with E-state index in [1.165, 1.54) is 6.92 Å². The van der Waals surface area contributed by atoms with Crippen molar-refractivity contribution in [3.63, 3.8) is 0 Å². The van der Waals surface area contributed by atoms with Crippen LogP contribution in [0.25, 0.3) is 0 Å². The number of rotatable bonds is 10. The lowest BCUT2D eigenvalue weighted by Gasteiger charge is -2.23. The van der Waals surface area contributed by atoms with Crippen molar-refractivity contribution in [1.29, 1.82) is 0 Å². The summed E-state index contributed by atoms with van der Waals surface area (Å²) in [5.41, 5.74) is 0. The van der Waals surface area contributed by atoms with Crippen molar-refractivity contribution in [2.45, 2.75) is 38.6 Å². The lowest BCUT2D eigenvalue weighted by atomic mass is 10.1. The summed E-state index contributed by atoms with van der Waals surface area (Å²) in [5, 5.41) is 13.9. The molecule has 0 fully saturated rings. The number of unbranched alkanes of at least 4 members (excludes halogenated alkanes) is 1. The molecule has 1 unspecified atom stereocenters. The van der Waals surface area contributed by atoms with Crippen LogP contribution in [0.4, 0.5) is 0 Å².